The first kappa shape index (κ1) is 19.5. The molecule has 0 spiro atoms. The summed E-state index contributed by atoms with van der Waals surface area (Å²) in [5, 5.41) is 9.59. The molecule has 0 saturated carbocycles. The van der Waals surface area contributed by atoms with E-state index in [2.05, 4.69) is 4.90 Å². The van der Waals surface area contributed by atoms with E-state index in [9.17, 15) is 0 Å². The maximum atomic E-state index is 8.33. The second kappa shape index (κ2) is 8.59. The first-order chi connectivity index (χ1) is 13.1. The molecule has 4 rings (SSSR count). The molecule has 0 bridgehead atoms. The van der Waals surface area contributed by atoms with E-state index in [1.54, 1.807) is 6.07 Å². The van der Waals surface area contributed by atoms with E-state index in [4.69, 9.17) is 33.6 Å². The van der Waals surface area contributed by atoms with Crippen LogP contribution >= 0.6 is 23.2 Å². The van der Waals surface area contributed by atoms with Crippen molar-refractivity contribution in [3.63, 3.8) is 0 Å². The average molecular weight is 401 g/mol. The monoisotopic (exact) mass is 400 g/mol. The smallest absolute Gasteiger partial charge is 0.208 e. The molecule has 1 aliphatic heterocycles. The molecule has 27 heavy (non-hydrogen) atoms. The molecule has 1 aromatic heterocycles. The van der Waals surface area contributed by atoms with Crippen molar-refractivity contribution >= 4 is 29.2 Å². The van der Waals surface area contributed by atoms with Gasteiger partial charge in [-0.25, -0.2) is 4.98 Å². The van der Waals surface area contributed by atoms with Crippen LogP contribution in [0.4, 0.5) is 5.95 Å². The van der Waals surface area contributed by atoms with E-state index in [-0.39, 0.29) is 0 Å². The Hall–Kier alpha value is -2.30. The van der Waals surface area contributed by atoms with Gasteiger partial charge < -0.3 is 4.90 Å². The van der Waals surface area contributed by atoms with Crippen molar-refractivity contribution in [3.8, 4) is 11.3 Å². The molecule has 3 aromatic rings. The fourth-order valence-electron chi connectivity index (χ4n) is 3.13. The summed E-state index contributed by atoms with van der Waals surface area (Å²) < 4.78 is 1.93. The highest BCUT2D eigenvalue weighted by molar-refractivity contribution is 6.34. The largest absolute Gasteiger partial charge is 0.336 e. The summed E-state index contributed by atoms with van der Waals surface area (Å²) in [7, 11) is 0. The summed E-state index contributed by atoms with van der Waals surface area (Å²) in [5.74, 6) is 0.808. The van der Waals surface area contributed by atoms with E-state index >= 15 is 0 Å². The highest BCUT2D eigenvalue weighted by Crippen LogP contribution is 2.25. The van der Waals surface area contributed by atoms with Crippen molar-refractivity contribution in [1.29, 1.82) is 5.41 Å². The van der Waals surface area contributed by atoms with Crippen molar-refractivity contribution in [1.82, 2.24) is 9.55 Å². The number of hydrogen-bond acceptors (Lipinski definition) is 3. The number of halogens is 2. The van der Waals surface area contributed by atoms with Gasteiger partial charge in [-0.05, 0) is 23.8 Å². The summed E-state index contributed by atoms with van der Waals surface area (Å²) in [6, 6.07) is 17.3. The molecule has 0 amide bonds. The van der Waals surface area contributed by atoms with E-state index in [1.165, 1.54) is 0 Å². The molecule has 1 N–H and O–H groups in total. The number of nitrogens with one attached hydrogen (secondary N) is 1. The van der Waals surface area contributed by atoms with Gasteiger partial charge in [-0.3, -0.25) is 9.98 Å². The van der Waals surface area contributed by atoms with Crippen molar-refractivity contribution in [3.05, 3.63) is 75.7 Å². The lowest BCUT2D eigenvalue weighted by Crippen LogP contribution is -2.22. The van der Waals surface area contributed by atoms with E-state index in [0.29, 0.717) is 22.1 Å². The van der Waals surface area contributed by atoms with Crippen LogP contribution in [-0.4, -0.2) is 16.1 Å². The summed E-state index contributed by atoms with van der Waals surface area (Å²) in [4.78, 5) is 6.97. The van der Waals surface area contributed by atoms with Crippen molar-refractivity contribution in [2.75, 3.05) is 11.4 Å². The molecule has 140 valence electrons. The highest BCUT2D eigenvalue weighted by atomic mass is 35.5. The molecule has 6 heteroatoms. The zero-order valence-corrected chi connectivity index (χ0v) is 16.9. The predicted octanol–water partition coefficient (Wildman–Crippen LogP) is 5.38. The van der Waals surface area contributed by atoms with Crippen molar-refractivity contribution in [2.45, 2.75) is 26.9 Å². The van der Waals surface area contributed by atoms with Gasteiger partial charge in [0, 0.05) is 41.3 Å². The number of anilines is 1. The SMILES string of the molecule is CC.N=c1cc(-c2ccccc2)nc2n1CCN2Cc1cc(Cl)cc(Cl)c1. The van der Waals surface area contributed by atoms with Gasteiger partial charge >= 0.3 is 0 Å². The minimum absolute atomic E-state index is 0.468. The highest BCUT2D eigenvalue weighted by Gasteiger charge is 2.22. The summed E-state index contributed by atoms with van der Waals surface area (Å²) in [6.45, 7) is 6.22. The molecule has 2 heterocycles. The maximum Gasteiger partial charge on any atom is 0.208 e. The lowest BCUT2D eigenvalue weighted by molar-refractivity contribution is 0.727. The summed E-state index contributed by atoms with van der Waals surface area (Å²) >= 11 is 12.2. The minimum Gasteiger partial charge on any atom is -0.336 e. The fourth-order valence-corrected chi connectivity index (χ4v) is 3.70. The number of hydrogen-bond donors (Lipinski definition) is 1. The third-order valence-corrected chi connectivity index (χ3v) is 4.70. The molecule has 2 aromatic carbocycles. The van der Waals surface area contributed by atoms with Crippen LogP contribution < -0.4 is 10.4 Å². The first-order valence-corrected chi connectivity index (χ1v) is 9.77. The first-order valence-electron chi connectivity index (χ1n) is 9.02. The number of nitrogens with zero attached hydrogens (tertiary/aromatic N) is 3. The Morgan fingerprint density at radius 3 is 2.30 bits per heavy atom. The van der Waals surface area contributed by atoms with E-state index in [1.807, 2.05) is 66.9 Å². The standard InChI is InChI=1S/C19H16Cl2N4.C2H6/c20-15-8-13(9-16(21)10-15)12-24-6-7-25-18(22)11-17(23-19(24)25)14-4-2-1-3-5-14;1-2/h1-5,8-11,22H,6-7,12H2;1-2H3. The number of fused-ring (bicyclic) bond motifs is 1. The van der Waals surface area contributed by atoms with Crippen molar-refractivity contribution in [2.24, 2.45) is 0 Å². The lowest BCUT2D eigenvalue weighted by Gasteiger charge is -2.18. The van der Waals surface area contributed by atoms with Crippen LogP contribution in [0.2, 0.25) is 10.0 Å². The predicted molar refractivity (Wildman–Crippen MR) is 112 cm³/mol. The van der Waals surface area contributed by atoms with Crippen LogP contribution in [-0.2, 0) is 13.1 Å². The fraction of sp³-hybridized carbons (Fsp3) is 0.238. The molecule has 0 fully saturated rings. The lowest BCUT2D eigenvalue weighted by atomic mass is 10.1. The van der Waals surface area contributed by atoms with Gasteiger partial charge in [0.15, 0.2) is 0 Å². The van der Waals surface area contributed by atoms with Crippen LogP contribution in [0, 0.1) is 5.41 Å². The molecule has 0 atom stereocenters. The van der Waals surface area contributed by atoms with Gasteiger partial charge in [-0.1, -0.05) is 67.4 Å². The van der Waals surface area contributed by atoms with Gasteiger partial charge in [-0.2, -0.15) is 0 Å². The van der Waals surface area contributed by atoms with Gasteiger partial charge in [0.1, 0.15) is 5.49 Å². The average Bonchev–Trinajstić information content (AvgIpc) is 3.07. The Kier molecular flexibility index (Phi) is 6.19. The Labute approximate surface area is 169 Å². The molecule has 0 aliphatic carbocycles. The second-order valence-electron chi connectivity index (χ2n) is 6.04. The number of aromatic nitrogens is 2. The number of rotatable bonds is 3. The Morgan fingerprint density at radius 2 is 1.63 bits per heavy atom. The van der Waals surface area contributed by atoms with Crippen LogP contribution in [0.15, 0.2) is 54.6 Å². The maximum absolute atomic E-state index is 8.33. The van der Waals surface area contributed by atoms with E-state index in [0.717, 1.165) is 35.9 Å². The van der Waals surface area contributed by atoms with Crippen molar-refractivity contribution < 1.29 is 0 Å². The van der Waals surface area contributed by atoms with Gasteiger partial charge in [-0.15, -0.1) is 0 Å². The Balaban J connectivity index is 0.00000102. The quantitative estimate of drug-likeness (QED) is 0.640. The van der Waals surface area contributed by atoms with Crippen LogP contribution in [0.5, 0.6) is 0 Å². The molecule has 1 aliphatic rings. The normalized spacial score (nSPS) is 12.4. The Bertz CT molecular complexity index is 963. The number of benzene rings is 2. The molecule has 4 nitrogen and oxygen atoms in total. The third-order valence-electron chi connectivity index (χ3n) is 4.27. The molecular weight excluding hydrogens is 379 g/mol. The zero-order valence-electron chi connectivity index (χ0n) is 15.4. The summed E-state index contributed by atoms with van der Waals surface area (Å²) in [6.07, 6.45) is 0. The molecule has 0 saturated heterocycles. The van der Waals surface area contributed by atoms with Crippen LogP contribution in [0.1, 0.15) is 19.4 Å². The molecular formula is C21H22Cl2N4. The second-order valence-corrected chi connectivity index (χ2v) is 6.92. The zero-order chi connectivity index (χ0) is 19.4. The third kappa shape index (κ3) is 4.34. The van der Waals surface area contributed by atoms with Gasteiger partial charge in [0.25, 0.3) is 0 Å². The van der Waals surface area contributed by atoms with Crippen LogP contribution in [0.25, 0.3) is 11.3 Å². The topological polar surface area (TPSA) is 44.9 Å². The van der Waals surface area contributed by atoms with Gasteiger partial charge in [0.05, 0.1) is 5.69 Å². The molecule has 0 unspecified atom stereocenters. The molecule has 0 radical (unpaired) electrons. The van der Waals surface area contributed by atoms with E-state index < -0.39 is 0 Å². The Morgan fingerprint density at radius 1 is 0.963 bits per heavy atom. The van der Waals surface area contributed by atoms with Gasteiger partial charge in [0.2, 0.25) is 5.95 Å². The van der Waals surface area contributed by atoms with Crippen LogP contribution in [0.3, 0.4) is 0 Å². The minimum atomic E-state index is 0.468. The summed E-state index contributed by atoms with van der Waals surface area (Å²) in [5.41, 5.74) is 3.32.